The Hall–Kier alpha value is -1.61. The van der Waals surface area contributed by atoms with E-state index in [0.717, 1.165) is 16.5 Å². The van der Waals surface area contributed by atoms with Crippen molar-refractivity contribution in [3.8, 4) is 0 Å². The first-order valence-electron chi connectivity index (χ1n) is 6.13. The molecular weight excluding hydrogens is 293 g/mol. The molecule has 1 atom stereocenters. The number of nitrogens with zero attached hydrogens (tertiary/aromatic N) is 1. The van der Waals surface area contributed by atoms with Crippen LogP contribution < -0.4 is 0 Å². The Morgan fingerprint density at radius 3 is 2.40 bits per heavy atom. The largest absolute Gasteiger partial charge is 0.384 e. The number of hydrogen-bond acceptors (Lipinski definition) is 2. The molecule has 3 aromatic rings. The summed E-state index contributed by atoms with van der Waals surface area (Å²) in [5.41, 5.74) is 2.17. The molecule has 0 spiro atoms. The first-order chi connectivity index (χ1) is 9.65. The van der Waals surface area contributed by atoms with Crippen molar-refractivity contribution >= 4 is 34.1 Å². The van der Waals surface area contributed by atoms with Gasteiger partial charge >= 0.3 is 0 Å². The highest BCUT2D eigenvalue weighted by Crippen LogP contribution is 2.30. The van der Waals surface area contributed by atoms with Crippen LogP contribution in [0, 0.1) is 0 Å². The maximum Gasteiger partial charge on any atom is 0.106 e. The zero-order valence-electron chi connectivity index (χ0n) is 10.4. The predicted octanol–water partition coefficient (Wildman–Crippen LogP) is 4.62. The van der Waals surface area contributed by atoms with Gasteiger partial charge in [0, 0.05) is 27.2 Å². The van der Waals surface area contributed by atoms with Gasteiger partial charge in [0.05, 0.1) is 5.52 Å². The average Bonchev–Trinajstić information content (AvgIpc) is 2.45. The van der Waals surface area contributed by atoms with Crippen molar-refractivity contribution in [3.05, 3.63) is 75.9 Å². The number of aliphatic hydroxyl groups is 1. The predicted molar refractivity (Wildman–Crippen MR) is 82.3 cm³/mol. The average molecular weight is 304 g/mol. The van der Waals surface area contributed by atoms with Gasteiger partial charge in [-0.2, -0.15) is 0 Å². The molecule has 0 fully saturated rings. The van der Waals surface area contributed by atoms with E-state index in [1.165, 1.54) is 0 Å². The standard InChI is InChI=1S/C16H11Cl2NO/c17-12-7-11(8-13(18)9-12)16(20)14-5-1-3-10-4-2-6-19-15(10)14/h1-9,16,20H. The van der Waals surface area contributed by atoms with Crippen LogP contribution >= 0.6 is 23.2 Å². The number of rotatable bonds is 2. The summed E-state index contributed by atoms with van der Waals surface area (Å²) in [7, 11) is 0. The fourth-order valence-electron chi connectivity index (χ4n) is 2.26. The van der Waals surface area contributed by atoms with Crippen molar-refractivity contribution in [2.45, 2.75) is 6.10 Å². The van der Waals surface area contributed by atoms with Crippen molar-refractivity contribution < 1.29 is 5.11 Å². The fourth-order valence-corrected chi connectivity index (χ4v) is 2.80. The molecule has 1 N–H and O–H groups in total. The van der Waals surface area contributed by atoms with E-state index in [-0.39, 0.29) is 0 Å². The number of hydrogen-bond donors (Lipinski definition) is 1. The third-order valence-electron chi connectivity index (χ3n) is 3.16. The van der Waals surface area contributed by atoms with Crippen LogP contribution in [0.3, 0.4) is 0 Å². The SMILES string of the molecule is OC(c1cc(Cl)cc(Cl)c1)c1cccc2cccnc12. The van der Waals surface area contributed by atoms with Crippen LogP contribution in [-0.2, 0) is 0 Å². The first kappa shape index (κ1) is 13.4. The van der Waals surface area contributed by atoms with Gasteiger partial charge in [-0.15, -0.1) is 0 Å². The molecular formula is C16H11Cl2NO. The Morgan fingerprint density at radius 2 is 1.65 bits per heavy atom. The second-order valence-corrected chi connectivity index (χ2v) is 5.40. The summed E-state index contributed by atoms with van der Waals surface area (Å²) >= 11 is 12.0. The molecule has 2 aromatic carbocycles. The Bertz CT molecular complexity index is 748. The Morgan fingerprint density at radius 1 is 0.950 bits per heavy atom. The van der Waals surface area contributed by atoms with E-state index in [1.807, 2.05) is 30.3 Å². The molecule has 1 aromatic heterocycles. The minimum Gasteiger partial charge on any atom is -0.384 e. The van der Waals surface area contributed by atoms with Crippen molar-refractivity contribution in [1.29, 1.82) is 0 Å². The molecule has 3 rings (SSSR count). The van der Waals surface area contributed by atoms with Gasteiger partial charge in [0.1, 0.15) is 6.10 Å². The lowest BCUT2D eigenvalue weighted by molar-refractivity contribution is 0.221. The number of para-hydroxylation sites is 1. The second kappa shape index (κ2) is 5.41. The van der Waals surface area contributed by atoms with Gasteiger partial charge in [0.25, 0.3) is 0 Å². The maximum atomic E-state index is 10.6. The first-order valence-corrected chi connectivity index (χ1v) is 6.88. The van der Waals surface area contributed by atoms with Gasteiger partial charge in [-0.25, -0.2) is 0 Å². The third kappa shape index (κ3) is 2.50. The molecule has 0 aliphatic rings. The van der Waals surface area contributed by atoms with Crippen LogP contribution in [0.5, 0.6) is 0 Å². The minimum atomic E-state index is -0.815. The van der Waals surface area contributed by atoms with Crippen LogP contribution in [0.1, 0.15) is 17.2 Å². The van der Waals surface area contributed by atoms with Crippen molar-refractivity contribution in [1.82, 2.24) is 4.98 Å². The van der Waals surface area contributed by atoms with E-state index in [9.17, 15) is 5.11 Å². The molecule has 0 aliphatic carbocycles. The lowest BCUT2D eigenvalue weighted by Crippen LogP contribution is -2.01. The molecule has 0 bridgehead atoms. The van der Waals surface area contributed by atoms with Crippen molar-refractivity contribution in [3.63, 3.8) is 0 Å². The summed E-state index contributed by atoms with van der Waals surface area (Å²) in [6, 6.07) is 14.6. The molecule has 0 amide bonds. The van der Waals surface area contributed by atoms with E-state index in [4.69, 9.17) is 23.2 Å². The molecule has 0 radical (unpaired) electrons. The van der Waals surface area contributed by atoms with Crippen LogP contribution in [0.15, 0.2) is 54.7 Å². The van der Waals surface area contributed by atoms with E-state index in [2.05, 4.69) is 4.98 Å². The topological polar surface area (TPSA) is 33.1 Å². The lowest BCUT2D eigenvalue weighted by Gasteiger charge is -2.14. The summed E-state index contributed by atoms with van der Waals surface area (Å²) in [5.74, 6) is 0. The van der Waals surface area contributed by atoms with Crippen LogP contribution in [0.25, 0.3) is 10.9 Å². The molecule has 2 nitrogen and oxygen atoms in total. The molecule has 0 saturated carbocycles. The summed E-state index contributed by atoms with van der Waals surface area (Å²) in [6.07, 6.45) is 0.897. The number of halogens is 2. The van der Waals surface area contributed by atoms with E-state index in [0.29, 0.717) is 15.6 Å². The number of aromatic nitrogens is 1. The molecule has 1 heterocycles. The number of aliphatic hydroxyl groups excluding tert-OH is 1. The molecule has 0 saturated heterocycles. The lowest BCUT2D eigenvalue weighted by atomic mass is 9.99. The number of pyridine rings is 1. The molecule has 1 unspecified atom stereocenters. The minimum absolute atomic E-state index is 0.500. The monoisotopic (exact) mass is 303 g/mol. The van der Waals surface area contributed by atoms with E-state index >= 15 is 0 Å². The van der Waals surface area contributed by atoms with Gasteiger partial charge in [0.2, 0.25) is 0 Å². The zero-order valence-corrected chi connectivity index (χ0v) is 11.9. The Labute approximate surface area is 126 Å². The highest BCUT2D eigenvalue weighted by atomic mass is 35.5. The maximum absolute atomic E-state index is 10.6. The Balaban J connectivity index is 2.15. The van der Waals surface area contributed by atoms with E-state index in [1.54, 1.807) is 24.4 Å². The van der Waals surface area contributed by atoms with E-state index < -0.39 is 6.10 Å². The normalized spacial score (nSPS) is 12.6. The number of benzene rings is 2. The van der Waals surface area contributed by atoms with Gasteiger partial charge in [0.15, 0.2) is 0 Å². The van der Waals surface area contributed by atoms with Gasteiger partial charge in [-0.3, -0.25) is 4.98 Å². The van der Waals surface area contributed by atoms with Crippen molar-refractivity contribution in [2.75, 3.05) is 0 Å². The number of fused-ring (bicyclic) bond motifs is 1. The second-order valence-electron chi connectivity index (χ2n) is 4.53. The summed E-state index contributed by atoms with van der Waals surface area (Å²) < 4.78 is 0. The Kier molecular flexibility index (Phi) is 3.62. The summed E-state index contributed by atoms with van der Waals surface area (Å²) in [4.78, 5) is 4.35. The highest BCUT2D eigenvalue weighted by molar-refractivity contribution is 6.34. The van der Waals surface area contributed by atoms with Crippen LogP contribution in [0.4, 0.5) is 0 Å². The molecule has 0 aliphatic heterocycles. The van der Waals surface area contributed by atoms with Crippen LogP contribution in [-0.4, -0.2) is 10.1 Å². The quantitative estimate of drug-likeness (QED) is 0.749. The highest BCUT2D eigenvalue weighted by Gasteiger charge is 2.15. The van der Waals surface area contributed by atoms with Crippen molar-refractivity contribution in [2.24, 2.45) is 0 Å². The summed E-state index contributed by atoms with van der Waals surface area (Å²) in [6.45, 7) is 0. The van der Waals surface area contributed by atoms with Gasteiger partial charge in [-0.1, -0.05) is 47.5 Å². The smallest absolute Gasteiger partial charge is 0.106 e. The van der Waals surface area contributed by atoms with Gasteiger partial charge in [-0.05, 0) is 29.8 Å². The zero-order chi connectivity index (χ0) is 14.1. The molecule has 100 valence electrons. The molecule has 4 heteroatoms. The fraction of sp³-hybridized carbons (Fsp3) is 0.0625. The summed E-state index contributed by atoms with van der Waals surface area (Å²) in [5, 5.41) is 12.6. The molecule has 20 heavy (non-hydrogen) atoms. The third-order valence-corrected chi connectivity index (χ3v) is 3.60. The van der Waals surface area contributed by atoms with Crippen LogP contribution in [0.2, 0.25) is 10.0 Å². The van der Waals surface area contributed by atoms with Gasteiger partial charge < -0.3 is 5.11 Å².